The van der Waals surface area contributed by atoms with Crippen LogP contribution in [0.15, 0.2) is 42.5 Å². The number of hydrogen-bond acceptors (Lipinski definition) is 3. The first-order valence-corrected chi connectivity index (χ1v) is 10.5. The third-order valence-electron chi connectivity index (χ3n) is 4.40. The highest BCUT2D eigenvalue weighted by atomic mass is 31.2. The summed E-state index contributed by atoms with van der Waals surface area (Å²) in [5.41, 5.74) is 1.09. The van der Waals surface area contributed by atoms with Crippen LogP contribution in [-0.2, 0) is 20.6 Å². The zero-order valence-electron chi connectivity index (χ0n) is 14.4. The van der Waals surface area contributed by atoms with E-state index in [4.69, 9.17) is 10.2 Å². The van der Waals surface area contributed by atoms with Crippen LogP contribution in [0.4, 0.5) is 0 Å². The average molecular weight is 378 g/mol. The van der Waals surface area contributed by atoms with Crippen molar-refractivity contribution in [1.82, 2.24) is 0 Å². The van der Waals surface area contributed by atoms with Gasteiger partial charge < -0.3 is 15.1 Å². The van der Waals surface area contributed by atoms with Crippen molar-refractivity contribution in [2.45, 2.75) is 25.7 Å². The smallest absolute Gasteiger partial charge is 0.307 e. The zero-order valence-corrected chi connectivity index (χ0v) is 15.3. The van der Waals surface area contributed by atoms with Crippen LogP contribution in [0.3, 0.4) is 0 Å². The Hall–Kier alpha value is -2.17. The van der Waals surface area contributed by atoms with Gasteiger partial charge in [-0.2, -0.15) is 0 Å². The molecule has 0 fully saturated rings. The Morgan fingerprint density at radius 2 is 1.73 bits per heavy atom. The maximum atomic E-state index is 12.4. The minimum absolute atomic E-state index is 0.0209. The molecule has 3 N–H and O–H groups in total. The van der Waals surface area contributed by atoms with Crippen molar-refractivity contribution in [2.75, 3.05) is 12.3 Å². The fraction of sp³-hybridized carbons (Fsp3) is 0.368. The molecule has 26 heavy (non-hydrogen) atoms. The van der Waals surface area contributed by atoms with Crippen LogP contribution >= 0.6 is 7.37 Å². The summed E-state index contributed by atoms with van der Waals surface area (Å²) in [5, 5.41) is 20.0. The van der Waals surface area contributed by atoms with E-state index in [1.54, 1.807) is 0 Å². The van der Waals surface area contributed by atoms with Gasteiger partial charge in [0, 0.05) is 18.7 Å². The molecule has 0 bridgehead atoms. The van der Waals surface area contributed by atoms with Gasteiger partial charge in [-0.15, -0.1) is 0 Å². The van der Waals surface area contributed by atoms with Crippen molar-refractivity contribution >= 4 is 30.1 Å². The molecule has 0 aliphatic heterocycles. The number of benzene rings is 2. The second-order valence-electron chi connectivity index (χ2n) is 6.46. The van der Waals surface area contributed by atoms with Gasteiger partial charge in [0.25, 0.3) is 0 Å². The van der Waals surface area contributed by atoms with Crippen LogP contribution in [0.2, 0.25) is 0 Å². The summed E-state index contributed by atoms with van der Waals surface area (Å²) in [4.78, 5) is 31.9. The minimum atomic E-state index is -3.63. The normalized spacial score (nSPS) is 14.7. The van der Waals surface area contributed by atoms with Gasteiger partial charge in [-0.1, -0.05) is 42.5 Å². The average Bonchev–Trinajstić information content (AvgIpc) is 2.58. The molecule has 0 saturated heterocycles. The van der Waals surface area contributed by atoms with Gasteiger partial charge in [-0.25, -0.2) is 0 Å². The topological polar surface area (TPSA) is 112 Å². The third-order valence-corrected chi connectivity index (χ3v) is 6.42. The summed E-state index contributed by atoms with van der Waals surface area (Å²) in [7, 11) is -3.63. The second-order valence-corrected chi connectivity index (χ2v) is 8.97. The van der Waals surface area contributed by atoms with Crippen molar-refractivity contribution in [3.63, 3.8) is 0 Å². The fourth-order valence-electron chi connectivity index (χ4n) is 3.05. The van der Waals surface area contributed by atoms with E-state index in [9.17, 15) is 19.0 Å². The quantitative estimate of drug-likeness (QED) is 0.545. The maximum absolute atomic E-state index is 12.4. The third kappa shape index (κ3) is 5.97. The van der Waals surface area contributed by atoms with Crippen molar-refractivity contribution in [1.29, 1.82) is 0 Å². The van der Waals surface area contributed by atoms with Crippen LogP contribution in [0, 0.1) is 5.92 Å². The van der Waals surface area contributed by atoms with Gasteiger partial charge >= 0.3 is 11.9 Å². The van der Waals surface area contributed by atoms with Crippen molar-refractivity contribution < 1.29 is 29.3 Å². The molecule has 0 radical (unpaired) electrons. The molecule has 6 nitrogen and oxygen atoms in total. The lowest BCUT2D eigenvalue weighted by molar-refractivity contribution is -0.142. The lowest BCUT2D eigenvalue weighted by Gasteiger charge is -2.17. The highest BCUT2D eigenvalue weighted by Crippen LogP contribution is 2.44. The largest absolute Gasteiger partial charge is 0.481 e. The van der Waals surface area contributed by atoms with E-state index in [1.807, 2.05) is 42.5 Å². The molecular weight excluding hydrogens is 355 g/mol. The lowest BCUT2D eigenvalue weighted by Crippen LogP contribution is -2.20. The molecule has 2 unspecified atom stereocenters. The monoisotopic (exact) mass is 378 g/mol. The Morgan fingerprint density at radius 1 is 1.04 bits per heavy atom. The molecule has 0 aliphatic rings. The van der Waals surface area contributed by atoms with E-state index in [1.165, 1.54) is 0 Å². The molecule has 2 aromatic rings. The molecule has 0 saturated carbocycles. The Labute approximate surface area is 151 Å². The first-order valence-electron chi connectivity index (χ1n) is 8.50. The molecule has 2 atom stereocenters. The first-order chi connectivity index (χ1) is 12.3. The Bertz CT molecular complexity index is 826. The molecule has 140 valence electrons. The molecule has 0 heterocycles. The van der Waals surface area contributed by atoms with E-state index in [-0.39, 0.29) is 25.2 Å². The summed E-state index contributed by atoms with van der Waals surface area (Å²) >= 11 is 0. The van der Waals surface area contributed by atoms with Gasteiger partial charge in [0.2, 0.25) is 7.37 Å². The number of carbonyl (C=O) groups is 2. The molecule has 2 rings (SSSR count). The van der Waals surface area contributed by atoms with E-state index >= 15 is 0 Å². The standard InChI is InChI=1S/C19H23O6P/c20-18(21)11-10-16(19(22)23)13-26(24,25)12-4-8-15-7-3-6-14-5-1-2-9-17(14)15/h1-3,5-7,9,16H,4,8,10-13H2,(H,20,21)(H,22,23)(H,24,25). The predicted molar refractivity (Wildman–Crippen MR) is 99.8 cm³/mol. The highest BCUT2D eigenvalue weighted by molar-refractivity contribution is 7.58. The van der Waals surface area contributed by atoms with E-state index in [0.717, 1.165) is 16.3 Å². The van der Waals surface area contributed by atoms with Crippen molar-refractivity contribution in [2.24, 2.45) is 5.92 Å². The van der Waals surface area contributed by atoms with Gasteiger partial charge in [-0.05, 0) is 35.6 Å². The van der Waals surface area contributed by atoms with Crippen LogP contribution in [0.1, 0.15) is 24.8 Å². The van der Waals surface area contributed by atoms with Crippen LogP contribution < -0.4 is 0 Å². The number of rotatable bonds is 10. The number of carboxylic acid groups (broad SMARTS) is 2. The Kier molecular flexibility index (Phi) is 6.95. The Morgan fingerprint density at radius 3 is 2.42 bits per heavy atom. The van der Waals surface area contributed by atoms with E-state index in [2.05, 4.69) is 0 Å². The Balaban J connectivity index is 1.95. The maximum Gasteiger partial charge on any atom is 0.307 e. The number of aliphatic carboxylic acids is 2. The number of fused-ring (bicyclic) bond motifs is 1. The molecule has 0 spiro atoms. The summed E-state index contributed by atoms with van der Waals surface area (Å²) in [5.74, 6) is -3.45. The summed E-state index contributed by atoms with van der Waals surface area (Å²) in [6.45, 7) is 0. The van der Waals surface area contributed by atoms with Gasteiger partial charge in [-0.3, -0.25) is 14.2 Å². The highest BCUT2D eigenvalue weighted by Gasteiger charge is 2.28. The van der Waals surface area contributed by atoms with Gasteiger partial charge in [0.05, 0.1) is 5.92 Å². The number of hydrogen-bond donors (Lipinski definition) is 3. The fourth-order valence-corrected chi connectivity index (χ4v) is 4.92. The summed E-state index contributed by atoms with van der Waals surface area (Å²) in [6, 6.07) is 13.9. The lowest BCUT2D eigenvalue weighted by atomic mass is 10.0. The molecule has 0 aromatic heterocycles. The van der Waals surface area contributed by atoms with Gasteiger partial charge in [0.15, 0.2) is 0 Å². The van der Waals surface area contributed by atoms with Crippen LogP contribution in [-0.4, -0.2) is 39.4 Å². The number of carboxylic acids is 2. The second kappa shape index (κ2) is 8.97. The predicted octanol–water partition coefficient (Wildman–Crippen LogP) is 3.61. The zero-order chi connectivity index (χ0) is 19.2. The van der Waals surface area contributed by atoms with E-state index in [0.29, 0.717) is 12.8 Å². The van der Waals surface area contributed by atoms with Crippen LogP contribution in [0.5, 0.6) is 0 Å². The molecule has 7 heteroatoms. The summed E-state index contributed by atoms with van der Waals surface area (Å²) < 4.78 is 12.4. The molecule has 0 aliphatic carbocycles. The molecule has 2 aromatic carbocycles. The summed E-state index contributed by atoms with van der Waals surface area (Å²) in [6.07, 6.45) is 0.259. The van der Waals surface area contributed by atoms with Crippen molar-refractivity contribution in [3.05, 3.63) is 48.0 Å². The SMILES string of the molecule is O=C(O)CCC(CP(=O)(O)CCCc1cccc2ccccc12)C(=O)O. The van der Waals surface area contributed by atoms with Crippen LogP contribution in [0.25, 0.3) is 10.8 Å². The minimum Gasteiger partial charge on any atom is -0.481 e. The van der Waals surface area contributed by atoms with Crippen molar-refractivity contribution in [3.8, 4) is 0 Å². The van der Waals surface area contributed by atoms with Gasteiger partial charge in [0.1, 0.15) is 0 Å². The molecule has 0 amide bonds. The molecular formula is C19H23O6P. The van der Waals surface area contributed by atoms with E-state index < -0.39 is 25.2 Å². The number of aryl methyl sites for hydroxylation is 1. The first kappa shape index (κ1) is 20.1.